The van der Waals surface area contributed by atoms with Gasteiger partial charge in [0.1, 0.15) is 18.3 Å². The lowest BCUT2D eigenvalue weighted by atomic mass is 9.38. The number of hydrogen-bond donors (Lipinski definition) is 4. The van der Waals surface area contributed by atoms with Gasteiger partial charge in [-0.05, 0) is 43.6 Å². The SMILES string of the molecule is CCC(O)(CC(=O)OC1C(=O)OC2CC3C(C)=CC(=O)C(O)C3(C)C3C4(O)OCC23C1C(C)C4O)C(C)C. The number of rotatable bonds is 5. The number of fused-ring (bicyclic) bond motifs is 1. The molecule has 4 fully saturated rings. The summed E-state index contributed by atoms with van der Waals surface area (Å²) in [5.41, 5.74) is -3.00. The molecule has 38 heavy (non-hydrogen) atoms. The van der Waals surface area contributed by atoms with E-state index >= 15 is 0 Å². The molecule has 12 unspecified atom stereocenters. The summed E-state index contributed by atoms with van der Waals surface area (Å²) in [6.07, 6.45) is -3.49. The molecule has 12 atom stereocenters. The van der Waals surface area contributed by atoms with Crippen LogP contribution in [0.25, 0.3) is 0 Å². The van der Waals surface area contributed by atoms with Gasteiger partial charge in [-0.15, -0.1) is 0 Å². The number of hydrogen-bond acceptors (Lipinski definition) is 10. The van der Waals surface area contributed by atoms with Crippen LogP contribution in [0.5, 0.6) is 0 Å². The summed E-state index contributed by atoms with van der Waals surface area (Å²) in [5.74, 6) is -7.37. The third-order valence-corrected chi connectivity index (χ3v) is 11.0. The van der Waals surface area contributed by atoms with Gasteiger partial charge < -0.3 is 34.6 Å². The molecule has 2 saturated heterocycles. The first-order valence-corrected chi connectivity index (χ1v) is 13.7. The molecule has 5 rings (SSSR count). The first-order chi connectivity index (χ1) is 17.6. The van der Waals surface area contributed by atoms with Crippen molar-refractivity contribution in [1.82, 2.24) is 0 Å². The minimum atomic E-state index is -2.11. The van der Waals surface area contributed by atoms with Gasteiger partial charge >= 0.3 is 11.9 Å². The zero-order chi connectivity index (χ0) is 28.2. The number of aliphatic hydroxyl groups excluding tert-OH is 2. The van der Waals surface area contributed by atoms with Crippen molar-refractivity contribution < 1.29 is 49.0 Å². The van der Waals surface area contributed by atoms with Crippen LogP contribution in [0.1, 0.15) is 60.8 Å². The average Bonchev–Trinajstić information content (AvgIpc) is 3.13. The summed E-state index contributed by atoms with van der Waals surface area (Å²) < 4.78 is 17.7. The Morgan fingerprint density at radius 2 is 1.95 bits per heavy atom. The van der Waals surface area contributed by atoms with Gasteiger partial charge in [-0.3, -0.25) is 9.59 Å². The summed E-state index contributed by atoms with van der Waals surface area (Å²) in [5, 5.41) is 45.5. The lowest BCUT2D eigenvalue weighted by Crippen LogP contribution is -2.78. The predicted octanol–water partition coefficient (Wildman–Crippen LogP) is 0.875. The molecular weight excluding hydrogens is 496 g/mol. The van der Waals surface area contributed by atoms with Crippen LogP contribution in [-0.4, -0.2) is 80.6 Å². The summed E-state index contributed by atoms with van der Waals surface area (Å²) in [6.45, 7) is 10.4. The summed E-state index contributed by atoms with van der Waals surface area (Å²) in [4.78, 5) is 39.4. The van der Waals surface area contributed by atoms with Gasteiger partial charge in [-0.1, -0.05) is 40.2 Å². The Morgan fingerprint density at radius 1 is 1.29 bits per heavy atom. The van der Waals surface area contributed by atoms with E-state index in [4.69, 9.17) is 14.2 Å². The topological polar surface area (TPSA) is 160 Å². The molecule has 212 valence electrons. The average molecular weight is 537 g/mol. The lowest BCUT2D eigenvalue weighted by molar-refractivity contribution is -0.340. The minimum Gasteiger partial charge on any atom is -0.459 e. The molecule has 2 bridgehead atoms. The smallest absolute Gasteiger partial charge is 0.348 e. The molecule has 10 nitrogen and oxygen atoms in total. The predicted molar refractivity (Wildman–Crippen MR) is 131 cm³/mol. The molecule has 0 aromatic carbocycles. The quantitative estimate of drug-likeness (QED) is 0.371. The van der Waals surface area contributed by atoms with Crippen molar-refractivity contribution in [1.29, 1.82) is 0 Å². The number of ketones is 1. The van der Waals surface area contributed by atoms with E-state index in [-0.39, 0.29) is 25.4 Å². The van der Waals surface area contributed by atoms with Crippen LogP contribution >= 0.6 is 0 Å². The maximum absolute atomic E-state index is 13.4. The van der Waals surface area contributed by atoms with Gasteiger partial charge in [0.25, 0.3) is 0 Å². The van der Waals surface area contributed by atoms with Gasteiger partial charge in [0, 0.05) is 22.7 Å². The van der Waals surface area contributed by atoms with Crippen LogP contribution in [0, 0.1) is 40.4 Å². The molecule has 2 saturated carbocycles. The second-order valence-electron chi connectivity index (χ2n) is 12.9. The molecule has 5 aliphatic rings. The van der Waals surface area contributed by atoms with Crippen molar-refractivity contribution in [2.24, 2.45) is 40.4 Å². The normalized spacial score (nSPS) is 49.0. The number of carbonyl (C=O) groups excluding carboxylic acids is 3. The molecule has 10 heteroatoms. The van der Waals surface area contributed by atoms with E-state index in [1.54, 1.807) is 41.5 Å². The van der Waals surface area contributed by atoms with E-state index in [0.717, 1.165) is 0 Å². The first kappa shape index (κ1) is 27.7. The maximum atomic E-state index is 13.4. The monoisotopic (exact) mass is 536 g/mol. The van der Waals surface area contributed by atoms with Crippen molar-refractivity contribution in [2.75, 3.05) is 6.61 Å². The van der Waals surface area contributed by atoms with Gasteiger partial charge in [0.15, 0.2) is 11.6 Å². The fourth-order valence-corrected chi connectivity index (χ4v) is 8.90. The van der Waals surface area contributed by atoms with Crippen molar-refractivity contribution in [3.8, 4) is 0 Å². The van der Waals surface area contributed by atoms with Crippen molar-refractivity contribution in [3.05, 3.63) is 11.6 Å². The Bertz CT molecular complexity index is 1090. The fraction of sp³-hybridized carbons (Fsp3) is 0.821. The highest BCUT2D eigenvalue weighted by atomic mass is 16.7. The number of carbonyl (C=O) groups is 3. The number of aliphatic hydroxyl groups is 4. The van der Waals surface area contributed by atoms with Gasteiger partial charge in [0.2, 0.25) is 6.10 Å². The molecule has 0 amide bonds. The third-order valence-electron chi connectivity index (χ3n) is 11.0. The van der Waals surface area contributed by atoms with E-state index in [1.165, 1.54) is 6.08 Å². The van der Waals surface area contributed by atoms with E-state index in [1.807, 2.05) is 0 Å². The minimum absolute atomic E-state index is 0.108. The number of ether oxygens (including phenoxy) is 3. The van der Waals surface area contributed by atoms with E-state index in [2.05, 4.69) is 0 Å². The molecule has 2 aliphatic heterocycles. The summed E-state index contributed by atoms with van der Waals surface area (Å²) >= 11 is 0. The second-order valence-corrected chi connectivity index (χ2v) is 12.9. The van der Waals surface area contributed by atoms with Crippen LogP contribution in [-0.2, 0) is 28.6 Å². The largest absolute Gasteiger partial charge is 0.459 e. The summed E-state index contributed by atoms with van der Waals surface area (Å²) in [7, 11) is 0. The highest BCUT2D eigenvalue weighted by Gasteiger charge is 2.83. The fourth-order valence-electron chi connectivity index (χ4n) is 8.90. The van der Waals surface area contributed by atoms with E-state index < -0.39 is 88.0 Å². The number of esters is 2. The second kappa shape index (κ2) is 8.57. The molecule has 2 heterocycles. The van der Waals surface area contributed by atoms with Crippen LogP contribution in [0.2, 0.25) is 0 Å². The Balaban J connectivity index is 1.60. The van der Waals surface area contributed by atoms with Crippen LogP contribution in [0.4, 0.5) is 0 Å². The third kappa shape index (κ3) is 3.27. The van der Waals surface area contributed by atoms with Crippen molar-refractivity contribution >= 4 is 17.7 Å². The molecule has 0 aromatic heterocycles. The lowest BCUT2D eigenvalue weighted by Gasteiger charge is -2.68. The first-order valence-electron chi connectivity index (χ1n) is 13.7. The van der Waals surface area contributed by atoms with E-state index in [0.29, 0.717) is 12.0 Å². The van der Waals surface area contributed by atoms with Crippen molar-refractivity contribution in [3.63, 3.8) is 0 Å². The molecule has 0 aromatic rings. The Labute approximate surface area is 222 Å². The molecular formula is C28H40O10. The van der Waals surface area contributed by atoms with Gasteiger partial charge in [-0.2, -0.15) is 0 Å². The van der Waals surface area contributed by atoms with Crippen LogP contribution < -0.4 is 0 Å². The van der Waals surface area contributed by atoms with Gasteiger partial charge in [0.05, 0.1) is 18.6 Å². The standard InChI is InChI=1S/C28H40O10/c1-7-26(34,12(2)3)10-18(30)38-20-19-14(5)21(31)28(35)24-25(6)15(13(4)8-16(29)22(25)32)9-17(37-23(20)33)27(19,24)11-36-28/h8,12,14-15,17,19-22,24,31-32,34-35H,7,9-11H2,1-6H3. The Morgan fingerprint density at radius 3 is 2.55 bits per heavy atom. The zero-order valence-corrected chi connectivity index (χ0v) is 22.8. The highest BCUT2D eigenvalue weighted by molar-refractivity contribution is 5.96. The highest BCUT2D eigenvalue weighted by Crippen LogP contribution is 2.73. The number of allylic oxidation sites excluding steroid dienone is 1. The van der Waals surface area contributed by atoms with Gasteiger partial charge in [-0.25, -0.2) is 4.79 Å². The molecule has 4 N–H and O–H groups in total. The van der Waals surface area contributed by atoms with Crippen LogP contribution in [0.15, 0.2) is 11.6 Å². The molecule has 0 radical (unpaired) electrons. The Hall–Kier alpha value is -1.85. The maximum Gasteiger partial charge on any atom is 0.348 e. The molecule has 1 spiro atoms. The Kier molecular flexibility index (Phi) is 6.25. The van der Waals surface area contributed by atoms with E-state index in [9.17, 15) is 34.8 Å². The van der Waals surface area contributed by atoms with Crippen LogP contribution in [0.3, 0.4) is 0 Å². The van der Waals surface area contributed by atoms with Crippen molar-refractivity contribution in [2.45, 2.75) is 96.6 Å². The summed E-state index contributed by atoms with van der Waals surface area (Å²) in [6, 6.07) is 0. The molecule has 3 aliphatic carbocycles. The zero-order valence-electron chi connectivity index (χ0n) is 22.8.